The lowest BCUT2D eigenvalue weighted by Gasteiger charge is -2.12. The number of halogens is 6. The number of anilines is 2. The molecule has 0 saturated carbocycles. The molecule has 178 valence electrons. The first-order valence-corrected chi connectivity index (χ1v) is 9.41. The molecule has 0 aromatic carbocycles. The van der Waals surface area contributed by atoms with Crippen LogP contribution in [0, 0.1) is 6.92 Å². The Bertz CT molecular complexity index is 1090. The summed E-state index contributed by atoms with van der Waals surface area (Å²) < 4.78 is 80.6. The van der Waals surface area contributed by atoms with Crippen molar-refractivity contribution in [2.24, 2.45) is 0 Å². The Kier molecular flexibility index (Phi) is 7.17. The number of ether oxygens (including phenoxy) is 1. The monoisotopic (exact) mass is 476 g/mol. The van der Waals surface area contributed by atoms with E-state index in [-0.39, 0.29) is 23.9 Å². The summed E-state index contributed by atoms with van der Waals surface area (Å²) in [5, 5.41) is 20.3. The molecule has 0 saturated heterocycles. The average Bonchev–Trinajstić information content (AvgIpc) is 3.14. The van der Waals surface area contributed by atoms with E-state index in [0.717, 1.165) is 18.3 Å². The van der Waals surface area contributed by atoms with E-state index in [1.165, 1.54) is 10.9 Å². The zero-order valence-corrected chi connectivity index (χ0v) is 17.0. The minimum atomic E-state index is -4.52. The molecule has 0 aliphatic rings. The van der Waals surface area contributed by atoms with E-state index in [1.54, 1.807) is 19.1 Å². The fourth-order valence-electron chi connectivity index (χ4n) is 2.75. The molecule has 3 heterocycles. The topological polar surface area (TPSA) is 98.0 Å². The summed E-state index contributed by atoms with van der Waals surface area (Å²) >= 11 is 0. The van der Waals surface area contributed by atoms with Gasteiger partial charge in [-0.1, -0.05) is 5.21 Å². The van der Waals surface area contributed by atoms with Gasteiger partial charge in [0.15, 0.2) is 0 Å². The molecule has 8 nitrogen and oxygen atoms in total. The second-order valence-electron chi connectivity index (χ2n) is 7.08. The predicted molar refractivity (Wildman–Crippen MR) is 103 cm³/mol. The Morgan fingerprint density at radius 1 is 1.09 bits per heavy atom. The van der Waals surface area contributed by atoms with Crippen LogP contribution in [-0.4, -0.2) is 55.6 Å². The van der Waals surface area contributed by atoms with Crippen LogP contribution in [0.4, 0.5) is 38.0 Å². The molecule has 3 aromatic heterocycles. The van der Waals surface area contributed by atoms with Gasteiger partial charge < -0.3 is 15.2 Å². The van der Waals surface area contributed by atoms with Gasteiger partial charge in [-0.3, -0.25) is 0 Å². The molecule has 0 aliphatic carbocycles. The third kappa shape index (κ3) is 7.39. The molecular formula is C19H18F6N6O2. The molecule has 14 heteroatoms. The Morgan fingerprint density at radius 2 is 1.85 bits per heavy atom. The van der Waals surface area contributed by atoms with E-state index in [0.29, 0.717) is 11.3 Å². The fraction of sp³-hybridized carbons (Fsp3) is 0.368. The number of pyridine rings is 2. The summed E-state index contributed by atoms with van der Waals surface area (Å²) in [5.41, 5.74) is 0.457. The molecule has 0 radical (unpaired) electrons. The van der Waals surface area contributed by atoms with Gasteiger partial charge in [-0.05, 0) is 36.8 Å². The van der Waals surface area contributed by atoms with Crippen LogP contribution < -0.4 is 5.32 Å². The van der Waals surface area contributed by atoms with Crippen LogP contribution in [0.2, 0.25) is 0 Å². The van der Waals surface area contributed by atoms with Crippen molar-refractivity contribution in [3.63, 3.8) is 0 Å². The lowest BCUT2D eigenvalue weighted by molar-refractivity contribution is -0.179. The van der Waals surface area contributed by atoms with Gasteiger partial charge >= 0.3 is 12.4 Å². The van der Waals surface area contributed by atoms with E-state index < -0.39 is 37.2 Å². The van der Waals surface area contributed by atoms with Gasteiger partial charge in [0.05, 0.1) is 36.7 Å². The van der Waals surface area contributed by atoms with E-state index >= 15 is 0 Å². The number of alkyl halides is 6. The summed E-state index contributed by atoms with van der Waals surface area (Å²) in [4.78, 5) is 8.16. The van der Waals surface area contributed by atoms with Crippen LogP contribution in [0.3, 0.4) is 0 Å². The maximum Gasteiger partial charge on any atom is 0.416 e. The molecule has 0 spiro atoms. The van der Waals surface area contributed by atoms with Crippen LogP contribution >= 0.6 is 0 Å². The van der Waals surface area contributed by atoms with Crippen LogP contribution in [0.1, 0.15) is 11.1 Å². The second-order valence-corrected chi connectivity index (χ2v) is 7.08. The predicted octanol–water partition coefficient (Wildman–Crippen LogP) is 3.75. The van der Waals surface area contributed by atoms with Gasteiger partial charge in [-0.15, -0.1) is 5.10 Å². The molecular weight excluding hydrogens is 458 g/mol. The maximum atomic E-state index is 12.9. The van der Waals surface area contributed by atoms with Crippen molar-refractivity contribution in [3.8, 4) is 11.4 Å². The number of aryl methyl sites for hydroxylation is 1. The summed E-state index contributed by atoms with van der Waals surface area (Å²) in [7, 11) is 0. The third-order valence-electron chi connectivity index (χ3n) is 4.09. The summed E-state index contributed by atoms with van der Waals surface area (Å²) in [5.74, 6) is 0.159. The van der Waals surface area contributed by atoms with Gasteiger partial charge in [0.25, 0.3) is 0 Å². The zero-order chi connectivity index (χ0) is 24.2. The summed E-state index contributed by atoms with van der Waals surface area (Å²) in [6.45, 7) is -0.454. The van der Waals surface area contributed by atoms with Crippen LogP contribution in [-0.2, 0) is 17.5 Å². The van der Waals surface area contributed by atoms with Gasteiger partial charge in [0.1, 0.15) is 23.9 Å². The molecule has 1 atom stereocenters. The Labute approximate surface area is 183 Å². The summed E-state index contributed by atoms with van der Waals surface area (Å²) in [6.07, 6.45) is -7.83. The number of hydrogen-bond donors (Lipinski definition) is 2. The Hall–Kier alpha value is -3.26. The second kappa shape index (κ2) is 9.70. The first-order chi connectivity index (χ1) is 15.4. The molecule has 3 rings (SSSR count). The quantitative estimate of drug-likeness (QED) is 0.478. The normalized spacial score (nSPS) is 13.2. The van der Waals surface area contributed by atoms with Crippen LogP contribution in [0.25, 0.3) is 11.4 Å². The van der Waals surface area contributed by atoms with E-state index in [9.17, 15) is 31.4 Å². The van der Waals surface area contributed by atoms with Crippen molar-refractivity contribution < 1.29 is 36.2 Å². The van der Waals surface area contributed by atoms with Crippen molar-refractivity contribution in [1.82, 2.24) is 25.0 Å². The SMILES string of the molecule is Cc1cc(Nc2cc(C(F)(F)F)ccn2)nc(-c2cn(CC(O)COCC(F)(F)F)nn2)c1. The van der Waals surface area contributed by atoms with Crippen molar-refractivity contribution >= 4 is 11.6 Å². The minimum Gasteiger partial charge on any atom is -0.389 e. The molecule has 0 amide bonds. The maximum absolute atomic E-state index is 12.9. The number of rotatable bonds is 8. The smallest absolute Gasteiger partial charge is 0.389 e. The molecule has 0 aliphatic heterocycles. The largest absolute Gasteiger partial charge is 0.416 e. The molecule has 0 fully saturated rings. The zero-order valence-electron chi connectivity index (χ0n) is 17.0. The average molecular weight is 476 g/mol. The lowest BCUT2D eigenvalue weighted by atomic mass is 10.2. The van der Waals surface area contributed by atoms with E-state index in [1.807, 2.05) is 0 Å². The number of aliphatic hydroxyl groups excluding tert-OH is 1. The van der Waals surface area contributed by atoms with Gasteiger partial charge in [-0.2, -0.15) is 26.3 Å². The minimum absolute atomic E-state index is 0.0560. The van der Waals surface area contributed by atoms with E-state index in [2.05, 4.69) is 30.3 Å². The summed E-state index contributed by atoms with van der Waals surface area (Å²) in [6, 6.07) is 4.95. The van der Waals surface area contributed by atoms with Crippen LogP contribution in [0.15, 0.2) is 36.7 Å². The molecule has 0 bridgehead atoms. The van der Waals surface area contributed by atoms with E-state index in [4.69, 9.17) is 0 Å². The highest BCUT2D eigenvalue weighted by molar-refractivity contribution is 5.61. The number of nitrogens with one attached hydrogen (secondary N) is 1. The lowest BCUT2D eigenvalue weighted by Crippen LogP contribution is -2.26. The fourth-order valence-corrected chi connectivity index (χ4v) is 2.75. The van der Waals surface area contributed by atoms with Crippen molar-refractivity contribution in [2.45, 2.75) is 31.9 Å². The highest BCUT2D eigenvalue weighted by Crippen LogP contribution is 2.30. The number of nitrogens with zero attached hydrogens (tertiary/aromatic N) is 5. The first kappa shape index (κ1) is 24.4. The van der Waals surface area contributed by atoms with Gasteiger partial charge in [0.2, 0.25) is 0 Å². The Morgan fingerprint density at radius 3 is 2.55 bits per heavy atom. The molecule has 2 N–H and O–H groups in total. The van der Waals surface area contributed by atoms with Gasteiger partial charge in [0, 0.05) is 6.20 Å². The number of hydrogen-bond acceptors (Lipinski definition) is 7. The number of aliphatic hydroxyl groups is 1. The van der Waals surface area contributed by atoms with Crippen LogP contribution in [0.5, 0.6) is 0 Å². The standard InChI is InChI=1S/C19H18F6N6O2/c1-11-4-14(15-8-31(30-29-15)7-13(32)9-33-10-18(20,21)22)27-17(5-11)28-16-6-12(2-3-26-16)19(23,24)25/h2-6,8,13,32H,7,9-10H2,1H3,(H,26,27,28). The van der Waals surface area contributed by atoms with Crippen molar-refractivity contribution in [3.05, 3.63) is 47.8 Å². The Balaban J connectivity index is 1.69. The molecule has 1 unspecified atom stereocenters. The molecule has 33 heavy (non-hydrogen) atoms. The highest BCUT2D eigenvalue weighted by Gasteiger charge is 2.31. The highest BCUT2D eigenvalue weighted by atomic mass is 19.4. The van der Waals surface area contributed by atoms with Gasteiger partial charge in [-0.25, -0.2) is 14.6 Å². The number of aromatic nitrogens is 5. The third-order valence-corrected chi connectivity index (χ3v) is 4.09. The first-order valence-electron chi connectivity index (χ1n) is 9.41. The molecule has 3 aromatic rings. The van der Waals surface area contributed by atoms with Crippen molar-refractivity contribution in [1.29, 1.82) is 0 Å². The van der Waals surface area contributed by atoms with Crippen molar-refractivity contribution in [2.75, 3.05) is 18.5 Å².